The van der Waals surface area contributed by atoms with Crippen LogP contribution in [-0.2, 0) is 0 Å². The van der Waals surface area contributed by atoms with Crippen molar-refractivity contribution in [3.63, 3.8) is 0 Å². The fourth-order valence-corrected chi connectivity index (χ4v) is 1.53. The number of rotatable bonds is 2. The molecule has 1 aromatic carbocycles. The van der Waals surface area contributed by atoms with Crippen LogP contribution in [0.15, 0.2) is 29.0 Å². The van der Waals surface area contributed by atoms with Gasteiger partial charge in [-0.1, -0.05) is 12.1 Å². The molecule has 0 unspecified atom stereocenters. The van der Waals surface area contributed by atoms with Crippen molar-refractivity contribution in [2.75, 3.05) is 5.73 Å². The normalized spacial score (nSPS) is 10.3. The van der Waals surface area contributed by atoms with Crippen LogP contribution in [0.25, 0.3) is 0 Å². The van der Waals surface area contributed by atoms with Gasteiger partial charge < -0.3 is 10.5 Å². The highest BCUT2D eigenvalue weighted by Crippen LogP contribution is 2.31. The second-order valence-corrected chi connectivity index (χ2v) is 4.16. The highest BCUT2D eigenvalue weighted by molar-refractivity contribution is 9.10. The van der Waals surface area contributed by atoms with Crippen molar-refractivity contribution in [1.29, 1.82) is 0 Å². The summed E-state index contributed by atoms with van der Waals surface area (Å²) in [6, 6.07) is 4.88. The smallest absolute Gasteiger partial charge is 0.239 e. The van der Waals surface area contributed by atoms with Crippen molar-refractivity contribution in [3.8, 4) is 11.6 Å². The number of halogens is 2. The summed E-state index contributed by atoms with van der Waals surface area (Å²) in [5.74, 6) is 0.102. The SMILES string of the molecule is Cc1cccc(Oc2ncnc(N)c2Br)c1F. The molecule has 88 valence electrons. The summed E-state index contributed by atoms with van der Waals surface area (Å²) in [6.45, 7) is 1.66. The average Bonchev–Trinajstić information content (AvgIpc) is 2.31. The predicted molar refractivity (Wildman–Crippen MR) is 65.4 cm³/mol. The molecule has 0 saturated carbocycles. The summed E-state index contributed by atoms with van der Waals surface area (Å²) in [6.07, 6.45) is 1.25. The van der Waals surface area contributed by atoms with E-state index in [9.17, 15) is 4.39 Å². The van der Waals surface area contributed by atoms with E-state index >= 15 is 0 Å². The maximum Gasteiger partial charge on any atom is 0.239 e. The van der Waals surface area contributed by atoms with Gasteiger partial charge in [0.25, 0.3) is 0 Å². The predicted octanol–water partition coefficient (Wildman–Crippen LogP) is 3.06. The summed E-state index contributed by atoms with van der Waals surface area (Å²) in [7, 11) is 0. The molecule has 1 heterocycles. The van der Waals surface area contributed by atoms with E-state index in [0.29, 0.717) is 10.0 Å². The van der Waals surface area contributed by atoms with Crippen molar-refractivity contribution >= 4 is 21.7 Å². The second kappa shape index (κ2) is 4.67. The first-order valence-electron chi connectivity index (χ1n) is 4.78. The monoisotopic (exact) mass is 297 g/mol. The van der Waals surface area contributed by atoms with Gasteiger partial charge in [-0.25, -0.2) is 14.4 Å². The minimum absolute atomic E-state index is 0.101. The summed E-state index contributed by atoms with van der Waals surface area (Å²) in [5.41, 5.74) is 6.07. The van der Waals surface area contributed by atoms with Crippen molar-refractivity contribution in [3.05, 3.63) is 40.4 Å². The van der Waals surface area contributed by atoms with Crippen LogP contribution in [0.4, 0.5) is 10.2 Å². The van der Waals surface area contributed by atoms with E-state index in [0.717, 1.165) is 0 Å². The van der Waals surface area contributed by atoms with Gasteiger partial charge in [0.2, 0.25) is 5.88 Å². The summed E-state index contributed by atoms with van der Waals surface area (Å²) >= 11 is 3.18. The zero-order valence-electron chi connectivity index (χ0n) is 8.95. The lowest BCUT2D eigenvalue weighted by Crippen LogP contribution is -1.98. The number of hydrogen-bond acceptors (Lipinski definition) is 4. The Morgan fingerprint density at radius 2 is 2.12 bits per heavy atom. The Hall–Kier alpha value is -1.69. The van der Waals surface area contributed by atoms with Crippen LogP contribution in [0.3, 0.4) is 0 Å². The molecule has 2 rings (SSSR count). The number of nitrogen functional groups attached to an aromatic ring is 1. The third-order valence-corrected chi connectivity index (χ3v) is 2.89. The molecule has 2 aromatic rings. The standard InChI is InChI=1S/C11H9BrFN3O/c1-6-3-2-4-7(9(6)13)17-11-8(12)10(14)15-5-16-11/h2-5H,1H3,(H2,14,15,16). The van der Waals surface area contributed by atoms with Crippen LogP contribution >= 0.6 is 15.9 Å². The van der Waals surface area contributed by atoms with Crippen LogP contribution in [0, 0.1) is 12.7 Å². The van der Waals surface area contributed by atoms with E-state index in [1.54, 1.807) is 19.1 Å². The molecule has 1 aromatic heterocycles. The summed E-state index contributed by atoms with van der Waals surface area (Å²) in [4.78, 5) is 7.65. The van der Waals surface area contributed by atoms with E-state index in [1.807, 2.05) is 0 Å². The Labute approximate surface area is 106 Å². The van der Waals surface area contributed by atoms with Crippen LogP contribution in [-0.4, -0.2) is 9.97 Å². The summed E-state index contributed by atoms with van der Waals surface area (Å²) < 4.78 is 19.5. The number of anilines is 1. The van der Waals surface area contributed by atoms with Gasteiger partial charge in [-0.15, -0.1) is 0 Å². The molecule has 6 heteroatoms. The van der Waals surface area contributed by atoms with Gasteiger partial charge in [0.1, 0.15) is 16.6 Å². The quantitative estimate of drug-likeness (QED) is 0.925. The zero-order valence-corrected chi connectivity index (χ0v) is 10.5. The molecule has 2 N–H and O–H groups in total. The van der Waals surface area contributed by atoms with Crippen LogP contribution in [0.2, 0.25) is 0 Å². The largest absolute Gasteiger partial charge is 0.435 e. The van der Waals surface area contributed by atoms with E-state index < -0.39 is 5.82 Å². The molecule has 0 fully saturated rings. The molecule has 0 aliphatic heterocycles. The lowest BCUT2D eigenvalue weighted by atomic mass is 10.2. The lowest BCUT2D eigenvalue weighted by molar-refractivity contribution is 0.422. The molecule has 0 saturated heterocycles. The maximum absolute atomic E-state index is 13.7. The molecule has 0 aliphatic rings. The third-order valence-electron chi connectivity index (χ3n) is 2.15. The molecule has 17 heavy (non-hydrogen) atoms. The molecular formula is C11H9BrFN3O. The number of aromatic nitrogens is 2. The number of hydrogen-bond donors (Lipinski definition) is 1. The van der Waals surface area contributed by atoms with Crippen LogP contribution < -0.4 is 10.5 Å². The molecule has 0 atom stereocenters. The first-order chi connectivity index (χ1) is 8.09. The van der Waals surface area contributed by atoms with E-state index in [-0.39, 0.29) is 17.4 Å². The van der Waals surface area contributed by atoms with Gasteiger partial charge in [0.05, 0.1) is 0 Å². The number of nitrogens with two attached hydrogens (primary N) is 1. The minimum atomic E-state index is -0.420. The van der Waals surface area contributed by atoms with Crippen molar-refractivity contribution < 1.29 is 9.13 Å². The zero-order chi connectivity index (χ0) is 12.4. The van der Waals surface area contributed by atoms with Gasteiger partial charge in [-0.05, 0) is 34.5 Å². The van der Waals surface area contributed by atoms with Crippen LogP contribution in [0.5, 0.6) is 11.6 Å². The Bertz CT molecular complexity index is 513. The Balaban J connectivity index is 2.38. The number of aryl methyl sites for hydroxylation is 1. The molecule has 0 radical (unpaired) electrons. The van der Waals surface area contributed by atoms with Crippen molar-refractivity contribution in [1.82, 2.24) is 9.97 Å². The van der Waals surface area contributed by atoms with E-state index in [4.69, 9.17) is 10.5 Å². The van der Waals surface area contributed by atoms with Gasteiger partial charge in [-0.3, -0.25) is 0 Å². The molecule has 0 aliphatic carbocycles. The molecule has 4 nitrogen and oxygen atoms in total. The number of ether oxygens (including phenoxy) is 1. The molecule has 0 bridgehead atoms. The fourth-order valence-electron chi connectivity index (χ4n) is 1.24. The van der Waals surface area contributed by atoms with Gasteiger partial charge in [0, 0.05) is 0 Å². The first-order valence-corrected chi connectivity index (χ1v) is 5.58. The highest BCUT2D eigenvalue weighted by atomic mass is 79.9. The first kappa shape index (κ1) is 11.8. The Morgan fingerprint density at radius 1 is 1.35 bits per heavy atom. The Kier molecular flexibility index (Phi) is 3.23. The van der Waals surface area contributed by atoms with E-state index in [2.05, 4.69) is 25.9 Å². The topological polar surface area (TPSA) is 61.0 Å². The molecule has 0 spiro atoms. The van der Waals surface area contributed by atoms with Crippen molar-refractivity contribution in [2.45, 2.75) is 6.92 Å². The van der Waals surface area contributed by atoms with Gasteiger partial charge in [-0.2, -0.15) is 0 Å². The van der Waals surface area contributed by atoms with Crippen LogP contribution in [0.1, 0.15) is 5.56 Å². The molecular weight excluding hydrogens is 289 g/mol. The lowest BCUT2D eigenvalue weighted by Gasteiger charge is -2.08. The fraction of sp³-hybridized carbons (Fsp3) is 0.0909. The van der Waals surface area contributed by atoms with E-state index in [1.165, 1.54) is 12.4 Å². The minimum Gasteiger partial charge on any atom is -0.435 e. The molecule has 0 amide bonds. The average molecular weight is 298 g/mol. The third kappa shape index (κ3) is 2.36. The maximum atomic E-state index is 13.7. The van der Waals surface area contributed by atoms with Crippen molar-refractivity contribution in [2.24, 2.45) is 0 Å². The van der Waals surface area contributed by atoms with Gasteiger partial charge in [0.15, 0.2) is 11.6 Å². The summed E-state index contributed by atoms with van der Waals surface area (Å²) in [5, 5.41) is 0. The number of benzene rings is 1. The number of nitrogens with zero attached hydrogens (tertiary/aromatic N) is 2. The highest BCUT2D eigenvalue weighted by Gasteiger charge is 2.12. The van der Waals surface area contributed by atoms with Gasteiger partial charge >= 0.3 is 0 Å². The second-order valence-electron chi connectivity index (χ2n) is 3.37. The Morgan fingerprint density at radius 3 is 2.88 bits per heavy atom.